The highest BCUT2D eigenvalue weighted by Crippen LogP contribution is 2.27. The molecule has 3 heteroatoms. The molecule has 0 saturated carbocycles. The standard InChI is InChI=1S/C11H10ClNS/c1-8(12)10-7-14-11(13-10)9-5-3-2-4-6-9/h2-8H,1H3. The molecule has 0 fully saturated rings. The number of hydrogen-bond donors (Lipinski definition) is 0. The molecule has 14 heavy (non-hydrogen) atoms. The lowest BCUT2D eigenvalue weighted by Gasteiger charge is -1.96. The minimum atomic E-state index is -0.0105. The van der Waals surface area contributed by atoms with Crippen molar-refractivity contribution in [2.45, 2.75) is 12.3 Å². The summed E-state index contributed by atoms with van der Waals surface area (Å²) in [5, 5.41) is 3.04. The molecule has 1 aromatic carbocycles. The Kier molecular flexibility index (Phi) is 2.85. The van der Waals surface area contributed by atoms with Gasteiger partial charge in [-0.15, -0.1) is 22.9 Å². The third-order valence-electron chi connectivity index (χ3n) is 1.95. The topological polar surface area (TPSA) is 12.9 Å². The van der Waals surface area contributed by atoms with Crippen LogP contribution in [-0.4, -0.2) is 4.98 Å². The van der Waals surface area contributed by atoms with E-state index >= 15 is 0 Å². The third kappa shape index (κ3) is 1.97. The first-order chi connectivity index (χ1) is 6.77. The van der Waals surface area contributed by atoms with Gasteiger partial charge in [-0.3, -0.25) is 0 Å². The quantitative estimate of drug-likeness (QED) is 0.699. The average Bonchev–Trinajstić information content (AvgIpc) is 2.68. The lowest BCUT2D eigenvalue weighted by Crippen LogP contribution is -1.83. The second-order valence-corrected chi connectivity index (χ2v) is 4.57. The van der Waals surface area contributed by atoms with E-state index in [4.69, 9.17) is 11.6 Å². The Labute approximate surface area is 92.4 Å². The fourth-order valence-corrected chi connectivity index (χ4v) is 2.29. The van der Waals surface area contributed by atoms with Crippen LogP contribution >= 0.6 is 22.9 Å². The number of rotatable bonds is 2. The Morgan fingerprint density at radius 3 is 2.57 bits per heavy atom. The molecule has 1 aromatic heterocycles. The SMILES string of the molecule is CC(Cl)c1csc(-c2ccccc2)n1. The van der Waals surface area contributed by atoms with Crippen LogP contribution in [0.25, 0.3) is 10.6 Å². The van der Waals surface area contributed by atoms with Crippen molar-refractivity contribution >= 4 is 22.9 Å². The zero-order valence-electron chi connectivity index (χ0n) is 7.77. The van der Waals surface area contributed by atoms with Gasteiger partial charge < -0.3 is 0 Å². The van der Waals surface area contributed by atoms with Gasteiger partial charge in [0.2, 0.25) is 0 Å². The van der Waals surface area contributed by atoms with Crippen LogP contribution in [0, 0.1) is 0 Å². The number of halogens is 1. The van der Waals surface area contributed by atoms with Gasteiger partial charge in [-0.25, -0.2) is 4.98 Å². The first kappa shape index (κ1) is 9.69. The number of hydrogen-bond acceptors (Lipinski definition) is 2. The normalized spacial score (nSPS) is 12.7. The van der Waals surface area contributed by atoms with Crippen molar-refractivity contribution in [3.63, 3.8) is 0 Å². The van der Waals surface area contributed by atoms with Crippen molar-refractivity contribution in [1.82, 2.24) is 4.98 Å². The van der Waals surface area contributed by atoms with Crippen molar-refractivity contribution in [2.75, 3.05) is 0 Å². The highest BCUT2D eigenvalue weighted by Gasteiger charge is 2.07. The number of thiazole rings is 1. The Bertz CT molecular complexity index is 408. The summed E-state index contributed by atoms with van der Waals surface area (Å²) in [4.78, 5) is 4.47. The van der Waals surface area contributed by atoms with Crippen LogP contribution in [0.4, 0.5) is 0 Å². The highest BCUT2D eigenvalue weighted by molar-refractivity contribution is 7.13. The Morgan fingerprint density at radius 1 is 1.29 bits per heavy atom. The van der Waals surface area contributed by atoms with E-state index in [1.54, 1.807) is 11.3 Å². The summed E-state index contributed by atoms with van der Waals surface area (Å²) in [5.41, 5.74) is 2.11. The molecular weight excluding hydrogens is 214 g/mol. The van der Waals surface area contributed by atoms with E-state index in [9.17, 15) is 0 Å². The summed E-state index contributed by atoms with van der Waals surface area (Å²) < 4.78 is 0. The molecule has 0 saturated heterocycles. The summed E-state index contributed by atoms with van der Waals surface area (Å²) in [7, 11) is 0. The molecule has 1 atom stereocenters. The smallest absolute Gasteiger partial charge is 0.123 e. The van der Waals surface area contributed by atoms with E-state index in [0.717, 1.165) is 16.3 Å². The molecule has 1 unspecified atom stereocenters. The zero-order chi connectivity index (χ0) is 9.97. The fourth-order valence-electron chi connectivity index (χ4n) is 1.18. The number of benzene rings is 1. The molecule has 2 rings (SSSR count). The fraction of sp³-hybridized carbons (Fsp3) is 0.182. The van der Waals surface area contributed by atoms with Gasteiger partial charge in [-0.05, 0) is 6.92 Å². The second kappa shape index (κ2) is 4.11. The average molecular weight is 224 g/mol. The molecule has 0 radical (unpaired) electrons. The van der Waals surface area contributed by atoms with E-state index in [1.807, 2.05) is 30.5 Å². The minimum absolute atomic E-state index is 0.0105. The monoisotopic (exact) mass is 223 g/mol. The van der Waals surface area contributed by atoms with Gasteiger partial charge in [0.25, 0.3) is 0 Å². The molecule has 1 nitrogen and oxygen atoms in total. The van der Waals surface area contributed by atoms with Crippen LogP contribution in [0.5, 0.6) is 0 Å². The van der Waals surface area contributed by atoms with Crippen LogP contribution in [0.1, 0.15) is 18.0 Å². The van der Waals surface area contributed by atoms with E-state index in [0.29, 0.717) is 0 Å². The minimum Gasteiger partial charge on any atom is -0.240 e. The molecule has 0 aliphatic heterocycles. The predicted octanol–water partition coefficient (Wildman–Crippen LogP) is 4.11. The first-order valence-corrected chi connectivity index (χ1v) is 5.74. The van der Waals surface area contributed by atoms with Gasteiger partial charge in [0, 0.05) is 10.9 Å². The van der Waals surface area contributed by atoms with Crippen LogP contribution in [0.3, 0.4) is 0 Å². The van der Waals surface area contributed by atoms with E-state index in [1.165, 1.54) is 0 Å². The van der Waals surface area contributed by atoms with E-state index < -0.39 is 0 Å². The van der Waals surface area contributed by atoms with Gasteiger partial charge in [0.05, 0.1) is 11.1 Å². The summed E-state index contributed by atoms with van der Waals surface area (Å²) in [6.07, 6.45) is 0. The predicted molar refractivity (Wildman–Crippen MR) is 61.8 cm³/mol. The molecule has 0 bridgehead atoms. The zero-order valence-corrected chi connectivity index (χ0v) is 9.35. The van der Waals surface area contributed by atoms with Gasteiger partial charge in [-0.2, -0.15) is 0 Å². The summed E-state index contributed by atoms with van der Waals surface area (Å²) >= 11 is 7.58. The van der Waals surface area contributed by atoms with Crippen molar-refractivity contribution in [1.29, 1.82) is 0 Å². The lowest BCUT2D eigenvalue weighted by atomic mass is 10.2. The molecular formula is C11H10ClNS. The first-order valence-electron chi connectivity index (χ1n) is 4.42. The van der Waals surface area contributed by atoms with Crippen molar-refractivity contribution < 1.29 is 0 Å². The number of alkyl halides is 1. The molecule has 1 heterocycles. The molecule has 2 aromatic rings. The number of aromatic nitrogens is 1. The van der Waals surface area contributed by atoms with Gasteiger partial charge in [0.15, 0.2) is 0 Å². The van der Waals surface area contributed by atoms with E-state index in [2.05, 4.69) is 17.1 Å². The molecule has 72 valence electrons. The summed E-state index contributed by atoms with van der Waals surface area (Å²) in [5.74, 6) is 0. The Balaban J connectivity index is 2.34. The van der Waals surface area contributed by atoms with Crippen molar-refractivity contribution in [3.8, 4) is 10.6 Å². The Hall–Kier alpha value is -0.860. The largest absolute Gasteiger partial charge is 0.240 e. The highest BCUT2D eigenvalue weighted by atomic mass is 35.5. The van der Waals surface area contributed by atoms with Gasteiger partial charge in [-0.1, -0.05) is 30.3 Å². The molecule has 0 N–H and O–H groups in total. The lowest BCUT2D eigenvalue weighted by molar-refractivity contribution is 1.02. The number of nitrogens with zero attached hydrogens (tertiary/aromatic N) is 1. The van der Waals surface area contributed by atoms with Crippen LogP contribution in [0.2, 0.25) is 0 Å². The maximum atomic E-state index is 5.95. The van der Waals surface area contributed by atoms with Crippen LogP contribution in [-0.2, 0) is 0 Å². The summed E-state index contributed by atoms with van der Waals surface area (Å²) in [6.45, 7) is 1.94. The van der Waals surface area contributed by atoms with Crippen molar-refractivity contribution in [3.05, 3.63) is 41.4 Å². The van der Waals surface area contributed by atoms with Crippen molar-refractivity contribution in [2.24, 2.45) is 0 Å². The molecule has 0 amide bonds. The molecule has 0 aliphatic carbocycles. The van der Waals surface area contributed by atoms with Gasteiger partial charge in [0.1, 0.15) is 5.01 Å². The van der Waals surface area contributed by atoms with Crippen LogP contribution < -0.4 is 0 Å². The molecule has 0 spiro atoms. The van der Waals surface area contributed by atoms with Crippen LogP contribution in [0.15, 0.2) is 35.7 Å². The molecule has 0 aliphatic rings. The maximum absolute atomic E-state index is 5.95. The maximum Gasteiger partial charge on any atom is 0.123 e. The second-order valence-electron chi connectivity index (χ2n) is 3.06. The third-order valence-corrected chi connectivity index (χ3v) is 3.08. The Morgan fingerprint density at radius 2 is 2.00 bits per heavy atom. The van der Waals surface area contributed by atoms with E-state index in [-0.39, 0.29) is 5.38 Å². The summed E-state index contributed by atoms with van der Waals surface area (Å²) in [6, 6.07) is 10.1. The van der Waals surface area contributed by atoms with Gasteiger partial charge >= 0.3 is 0 Å².